The van der Waals surface area contributed by atoms with Crippen LogP contribution in [0.3, 0.4) is 0 Å². The molecule has 1 saturated heterocycles. The summed E-state index contributed by atoms with van der Waals surface area (Å²) in [6, 6.07) is 4.69. The third-order valence-corrected chi connectivity index (χ3v) is 8.07. The largest absolute Gasteiger partial charge is 0.489 e. The molecule has 6 rings (SSSR count). The summed E-state index contributed by atoms with van der Waals surface area (Å²) >= 11 is 0. The second-order valence-electron chi connectivity index (χ2n) is 10.4. The smallest absolute Gasteiger partial charge is 0.135 e. The van der Waals surface area contributed by atoms with Crippen molar-refractivity contribution in [3.63, 3.8) is 0 Å². The molecule has 0 radical (unpaired) electrons. The first-order valence-corrected chi connectivity index (χ1v) is 12.8. The van der Waals surface area contributed by atoms with Crippen molar-refractivity contribution in [2.24, 2.45) is 5.92 Å². The van der Waals surface area contributed by atoms with Crippen molar-refractivity contribution in [3.05, 3.63) is 42.4 Å². The molecule has 3 atom stereocenters. The topological polar surface area (TPSA) is 42.3 Å². The van der Waals surface area contributed by atoms with Crippen LogP contribution in [0.2, 0.25) is 0 Å². The number of fused-ring (bicyclic) bond motifs is 1. The first kappa shape index (κ1) is 21.2. The summed E-state index contributed by atoms with van der Waals surface area (Å²) in [6.45, 7) is 8.02. The monoisotopic (exact) mass is 450 g/mol. The summed E-state index contributed by atoms with van der Waals surface area (Å²) in [7, 11) is 0. The minimum absolute atomic E-state index is 0.202. The van der Waals surface area contributed by atoms with Crippen LogP contribution in [0.1, 0.15) is 63.5 Å². The molecule has 3 heterocycles. The fourth-order valence-corrected chi connectivity index (χ4v) is 5.64. The molecule has 6 heteroatoms. The van der Waals surface area contributed by atoms with Crippen LogP contribution in [-0.4, -0.2) is 41.2 Å². The first-order valence-electron chi connectivity index (χ1n) is 12.8. The highest BCUT2D eigenvalue weighted by Gasteiger charge is 2.36. The van der Waals surface area contributed by atoms with Crippen LogP contribution in [0.5, 0.6) is 5.75 Å². The number of anilines is 1. The lowest BCUT2D eigenvalue weighted by molar-refractivity contribution is 0.119. The van der Waals surface area contributed by atoms with Gasteiger partial charge in [0, 0.05) is 46.9 Å². The molecule has 2 saturated carbocycles. The Morgan fingerprint density at radius 3 is 2.76 bits per heavy atom. The number of hydrogen-bond donors (Lipinski definition) is 1. The van der Waals surface area contributed by atoms with Gasteiger partial charge in [-0.25, -0.2) is 4.39 Å². The van der Waals surface area contributed by atoms with Gasteiger partial charge >= 0.3 is 0 Å². The van der Waals surface area contributed by atoms with E-state index in [-0.39, 0.29) is 6.04 Å². The van der Waals surface area contributed by atoms with E-state index in [0.29, 0.717) is 24.6 Å². The van der Waals surface area contributed by atoms with E-state index < -0.39 is 6.17 Å². The number of piperidine rings is 1. The van der Waals surface area contributed by atoms with Crippen LogP contribution in [0, 0.1) is 5.92 Å². The number of hydrogen-bond acceptors (Lipinski definition) is 4. The number of allylic oxidation sites excluding steroid dienone is 1. The average Bonchev–Trinajstić information content (AvgIpc) is 3.53. The highest BCUT2D eigenvalue weighted by Crippen LogP contribution is 2.48. The number of alkyl halides is 1. The maximum absolute atomic E-state index is 14.5. The van der Waals surface area contributed by atoms with Gasteiger partial charge in [0.05, 0.1) is 18.3 Å². The molecular weight excluding hydrogens is 415 g/mol. The highest BCUT2D eigenvalue weighted by molar-refractivity contribution is 5.78. The van der Waals surface area contributed by atoms with Crippen molar-refractivity contribution in [2.45, 2.75) is 82.6 Å². The van der Waals surface area contributed by atoms with Crippen molar-refractivity contribution < 1.29 is 9.13 Å². The molecule has 2 aliphatic carbocycles. The second-order valence-corrected chi connectivity index (χ2v) is 10.4. The summed E-state index contributed by atoms with van der Waals surface area (Å²) in [5, 5.41) is 7.72. The van der Waals surface area contributed by atoms with Crippen LogP contribution < -0.4 is 15.0 Å². The van der Waals surface area contributed by atoms with Gasteiger partial charge in [-0.3, -0.25) is 4.68 Å². The summed E-state index contributed by atoms with van der Waals surface area (Å²) in [5.74, 6) is 1.64. The van der Waals surface area contributed by atoms with Crippen LogP contribution in [0.25, 0.3) is 11.1 Å². The summed E-state index contributed by atoms with van der Waals surface area (Å²) in [5.41, 5.74) is 5.93. The van der Waals surface area contributed by atoms with Crippen molar-refractivity contribution in [2.75, 3.05) is 18.0 Å². The first-order chi connectivity index (χ1) is 16.1. The van der Waals surface area contributed by atoms with Gasteiger partial charge in [0.2, 0.25) is 0 Å². The molecular formula is C27H35FN4O. The molecule has 3 unspecified atom stereocenters. The molecule has 3 fully saturated rings. The van der Waals surface area contributed by atoms with Gasteiger partial charge in [-0.2, -0.15) is 5.10 Å². The fraction of sp³-hybridized carbons (Fsp3) is 0.593. The van der Waals surface area contributed by atoms with Crippen LogP contribution in [0.4, 0.5) is 10.1 Å². The van der Waals surface area contributed by atoms with Gasteiger partial charge in [-0.05, 0) is 82.9 Å². The quantitative estimate of drug-likeness (QED) is 0.638. The third kappa shape index (κ3) is 3.86. The Morgan fingerprint density at radius 1 is 1.18 bits per heavy atom. The summed E-state index contributed by atoms with van der Waals surface area (Å²) in [6.07, 6.45) is 12.1. The average molecular weight is 451 g/mol. The molecule has 33 heavy (non-hydrogen) atoms. The Morgan fingerprint density at radius 2 is 2.03 bits per heavy atom. The zero-order chi connectivity index (χ0) is 22.5. The predicted octanol–water partition coefficient (Wildman–Crippen LogP) is 5.42. The van der Waals surface area contributed by atoms with Crippen molar-refractivity contribution in [3.8, 4) is 16.9 Å². The van der Waals surface area contributed by atoms with Gasteiger partial charge in [0.1, 0.15) is 11.9 Å². The molecule has 2 aliphatic heterocycles. The van der Waals surface area contributed by atoms with Gasteiger partial charge in [0.25, 0.3) is 0 Å². The Kier molecular flexibility index (Phi) is 5.44. The van der Waals surface area contributed by atoms with Gasteiger partial charge in [-0.15, -0.1) is 0 Å². The van der Waals surface area contributed by atoms with E-state index in [4.69, 9.17) is 4.74 Å². The molecule has 0 bridgehead atoms. The number of aromatic nitrogens is 2. The number of nitrogens with zero attached hydrogens (tertiary/aromatic N) is 3. The van der Waals surface area contributed by atoms with E-state index in [1.165, 1.54) is 36.2 Å². The summed E-state index contributed by atoms with van der Waals surface area (Å²) < 4.78 is 23.0. The van der Waals surface area contributed by atoms with Crippen LogP contribution in [0.15, 0.2) is 36.8 Å². The minimum Gasteiger partial charge on any atom is -0.489 e. The van der Waals surface area contributed by atoms with E-state index in [2.05, 4.69) is 41.0 Å². The van der Waals surface area contributed by atoms with E-state index in [0.717, 1.165) is 55.5 Å². The molecule has 2 aromatic rings. The number of halogens is 1. The van der Waals surface area contributed by atoms with Crippen molar-refractivity contribution in [1.29, 1.82) is 0 Å². The predicted molar refractivity (Wildman–Crippen MR) is 129 cm³/mol. The maximum atomic E-state index is 14.5. The molecule has 1 aromatic carbocycles. The molecule has 5 nitrogen and oxygen atoms in total. The van der Waals surface area contributed by atoms with E-state index in [1.54, 1.807) is 0 Å². The Balaban J connectivity index is 1.39. The number of nitrogens with one attached hydrogen (secondary N) is 1. The maximum Gasteiger partial charge on any atom is 0.135 e. The number of benzene rings is 1. The van der Waals surface area contributed by atoms with Crippen molar-refractivity contribution >= 4 is 5.69 Å². The number of rotatable bonds is 6. The SMILES string of the molecule is C=C(C1CC1)N1c2ccc(-c3cnn(C4CCNCC4F)c3)c(OC3CCC3)c2CCC1C. The molecule has 4 aliphatic rings. The minimum atomic E-state index is -0.913. The number of ether oxygens (including phenoxy) is 1. The lowest BCUT2D eigenvalue weighted by atomic mass is 9.90. The van der Waals surface area contributed by atoms with E-state index in [1.807, 2.05) is 17.1 Å². The molecule has 0 amide bonds. The highest BCUT2D eigenvalue weighted by atomic mass is 19.1. The summed E-state index contributed by atoms with van der Waals surface area (Å²) in [4.78, 5) is 2.47. The standard InChI is InChI=1S/C27H35FN4O/c1-17-6-9-23-25(32(17)18(2)19-7-8-19)11-10-22(27(23)33-21-4-3-5-21)20-14-30-31(16-20)26-12-13-29-15-24(26)28/h10-11,14,16-17,19,21,24,26,29H,2-9,12-13,15H2,1H3. The van der Waals surface area contributed by atoms with Crippen LogP contribution in [-0.2, 0) is 6.42 Å². The van der Waals surface area contributed by atoms with E-state index in [9.17, 15) is 4.39 Å². The lowest BCUT2D eigenvalue weighted by Gasteiger charge is -2.40. The van der Waals surface area contributed by atoms with Gasteiger partial charge < -0.3 is 15.0 Å². The zero-order valence-electron chi connectivity index (χ0n) is 19.6. The Bertz CT molecular complexity index is 1040. The molecule has 1 aromatic heterocycles. The van der Waals surface area contributed by atoms with Crippen molar-refractivity contribution in [1.82, 2.24) is 15.1 Å². The zero-order valence-corrected chi connectivity index (χ0v) is 19.6. The molecule has 176 valence electrons. The third-order valence-electron chi connectivity index (χ3n) is 8.07. The van der Waals surface area contributed by atoms with E-state index >= 15 is 0 Å². The Hall–Kier alpha value is -2.34. The molecule has 0 spiro atoms. The van der Waals surface area contributed by atoms with Gasteiger partial charge in [0.15, 0.2) is 0 Å². The van der Waals surface area contributed by atoms with Gasteiger partial charge in [-0.1, -0.05) is 6.58 Å². The normalized spacial score (nSPS) is 27.7. The second kappa shape index (κ2) is 8.46. The van der Waals surface area contributed by atoms with Crippen LogP contribution >= 0.6 is 0 Å². The molecule has 1 N–H and O–H groups in total. The lowest BCUT2D eigenvalue weighted by Crippen LogP contribution is -2.39. The fourth-order valence-electron chi connectivity index (χ4n) is 5.64. The Labute approximate surface area is 196 Å².